The van der Waals surface area contributed by atoms with E-state index in [9.17, 15) is 9.90 Å². The van der Waals surface area contributed by atoms with Gasteiger partial charge in [-0.1, -0.05) is 18.2 Å². The minimum absolute atomic E-state index is 0.0866. The summed E-state index contributed by atoms with van der Waals surface area (Å²) < 4.78 is 0. The Hall–Kier alpha value is -1.55. The van der Waals surface area contributed by atoms with Gasteiger partial charge in [-0.05, 0) is 18.1 Å². The van der Waals surface area contributed by atoms with Crippen molar-refractivity contribution in [1.29, 1.82) is 0 Å². The number of aliphatic hydroxyl groups is 1. The number of carbonyl (C=O) groups is 1. The lowest BCUT2D eigenvalue weighted by atomic mass is 10.00. The molecule has 90 valence electrons. The Morgan fingerprint density at radius 2 is 2.24 bits per heavy atom. The molecule has 2 aliphatic rings. The topological polar surface area (TPSA) is 52.6 Å². The predicted molar refractivity (Wildman–Crippen MR) is 64.9 cm³/mol. The average Bonchev–Trinajstić information content (AvgIpc) is 2.94. The third-order valence-electron chi connectivity index (χ3n) is 3.61. The highest BCUT2D eigenvalue weighted by Crippen LogP contribution is 2.32. The molecular weight excluding hydrogens is 216 g/mol. The van der Waals surface area contributed by atoms with Crippen LogP contribution < -0.4 is 5.32 Å². The Labute approximate surface area is 100 Å². The molecular formula is C13H16N2O2. The summed E-state index contributed by atoms with van der Waals surface area (Å²) >= 11 is 0. The molecule has 1 saturated heterocycles. The monoisotopic (exact) mass is 232 g/mol. The average molecular weight is 232 g/mol. The van der Waals surface area contributed by atoms with E-state index < -0.39 is 0 Å². The van der Waals surface area contributed by atoms with E-state index in [4.69, 9.17) is 0 Å². The van der Waals surface area contributed by atoms with Crippen LogP contribution in [0.4, 0.5) is 5.69 Å². The third kappa shape index (κ3) is 1.78. The SMILES string of the molecule is O=C(C1CNc2ccccc21)N1CC[C@H](O)C1. The fraction of sp³-hybridized carbons (Fsp3) is 0.462. The molecule has 1 aromatic rings. The normalized spacial score (nSPS) is 26.8. The minimum Gasteiger partial charge on any atom is -0.391 e. The van der Waals surface area contributed by atoms with Gasteiger partial charge in [-0.3, -0.25) is 4.79 Å². The zero-order chi connectivity index (χ0) is 11.8. The lowest BCUT2D eigenvalue weighted by Crippen LogP contribution is -2.34. The number of hydrogen-bond acceptors (Lipinski definition) is 3. The van der Waals surface area contributed by atoms with Crippen molar-refractivity contribution in [1.82, 2.24) is 4.90 Å². The number of para-hydroxylation sites is 1. The molecule has 0 radical (unpaired) electrons. The van der Waals surface area contributed by atoms with Gasteiger partial charge in [0.25, 0.3) is 0 Å². The number of likely N-dealkylation sites (tertiary alicyclic amines) is 1. The maximum Gasteiger partial charge on any atom is 0.232 e. The summed E-state index contributed by atoms with van der Waals surface area (Å²) in [6.45, 7) is 1.83. The molecule has 0 spiro atoms. The summed E-state index contributed by atoms with van der Waals surface area (Å²) in [6.07, 6.45) is 0.358. The number of nitrogens with zero attached hydrogens (tertiary/aromatic N) is 1. The highest BCUT2D eigenvalue weighted by Gasteiger charge is 2.34. The van der Waals surface area contributed by atoms with Gasteiger partial charge in [-0.2, -0.15) is 0 Å². The van der Waals surface area contributed by atoms with Gasteiger partial charge >= 0.3 is 0 Å². The standard InChI is InChI=1S/C13H16N2O2/c16-9-5-6-15(8-9)13(17)11-7-14-12-4-2-1-3-10(11)12/h1-4,9,11,14,16H,5-8H2/t9-,11?/m0/s1. The van der Waals surface area contributed by atoms with E-state index in [0.29, 0.717) is 26.1 Å². The number of nitrogens with one attached hydrogen (secondary N) is 1. The van der Waals surface area contributed by atoms with E-state index in [1.807, 2.05) is 24.3 Å². The largest absolute Gasteiger partial charge is 0.391 e. The molecule has 4 heteroatoms. The van der Waals surface area contributed by atoms with E-state index in [2.05, 4.69) is 5.32 Å². The first-order chi connectivity index (χ1) is 8.25. The zero-order valence-corrected chi connectivity index (χ0v) is 9.60. The fourth-order valence-electron chi connectivity index (χ4n) is 2.67. The van der Waals surface area contributed by atoms with E-state index in [1.165, 1.54) is 0 Å². The molecule has 0 aromatic heterocycles. The van der Waals surface area contributed by atoms with Crippen LogP contribution in [0.5, 0.6) is 0 Å². The Morgan fingerprint density at radius 3 is 3.00 bits per heavy atom. The summed E-state index contributed by atoms with van der Waals surface area (Å²) in [7, 11) is 0. The Balaban J connectivity index is 1.80. The number of amides is 1. The molecule has 1 aromatic carbocycles. The van der Waals surface area contributed by atoms with Gasteiger partial charge in [-0.15, -0.1) is 0 Å². The Morgan fingerprint density at radius 1 is 1.41 bits per heavy atom. The van der Waals surface area contributed by atoms with Crippen molar-refractivity contribution in [3.63, 3.8) is 0 Å². The molecule has 2 atom stereocenters. The highest BCUT2D eigenvalue weighted by atomic mass is 16.3. The first-order valence-electron chi connectivity index (χ1n) is 6.05. The number of β-amino-alcohol motifs (C(OH)–C–C–N with tert-alkyl or cyclic N) is 1. The van der Waals surface area contributed by atoms with E-state index in [0.717, 1.165) is 11.3 Å². The smallest absolute Gasteiger partial charge is 0.232 e. The first kappa shape index (κ1) is 10.6. The van der Waals surface area contributed by atoms with Crippen LogP contribution in [0.15, 0.2) is 24.3 Å². The maximum absolute atomic E-state index is 12.3. The number of hydrogen-bond donors (Lipinski definition) is 2. The van der Waals surface area contributed by atoms with Gasteiger partial charge in [0.05, 0.1) is 12.0 Å². The van der Waals surface area contributed by atoms with Crippen LogP contribution >= 0.6 is 0 Å². The van der Waals surface area contributed by atoms with Gasteiger partial charge in [0.1, 0.15) is 0 Å². The second kappa shape index (κ2) is 4.04. The summed E-state index contributed by atoms with van der Waals surface area (Å²) in [5, 5.41) is 12.7. The van der Waals surface area contributed by atoms with Crippen molar-refractivity contribution < 1.29 is 9.90 Å². The van der Waals surface area contributed by atoms with Crippen molar-refractivity contribution >= 4 is 11.6 Å². The second-order valence-corrected chi connectivity index (χ2v) is 4.75. The number of aliphatic hydroxyl groups excluding tert-OH is 1. The zero-order valence-electron chi connectivity index (χ0n) is 9.60. The van der Waals surface area contributed by atoms with E-state index in [1.54, 1.807) is 4.90 Å². The number of carbonyl (C=O) groups excluding carboxylic acids is 1. The van der Waals surface area contributed by atoms with Crippen molar-refractivity contribution in [3.05, 3.63) is 29.8 Å². The third-order valence-corrected chi connectivity index (χ3v) is 3.61. The molecule has 1 amide bonds. The lowest BCUT2D eigenvalue weighted by Gasteiger charge is -2.20. The van der Waals surface area contributed by atoms with Gasteiger partial charge < -0.3 is 15.3 Å². The van der Waals surface area contributed by atoms with Gasteiger partial charge in [0.15, 0.2) is 0 Å². The van der Waals surface area contributed by atoms with Crippen LogP contribution in [0.1, 0.15) is 17.9 Å². The summed E-state index contributed by atoms with van der Waals surface area (Å²) in [5.74, 6) is 0.0514. The Kier molecular flexibility index (Phi) is 2.52. The van der Waals surface area contributed by atoms with Gasteiger partial charge in [0.2, 0.25) is 5.91 Å². The number of rotatable bonds is 1. The molecule has 3 rings (SSSR count). The van der Waals surface area contributed by atoms with E-state index in [-0.39, 0.29) is 17.9 Å². The predicted octanol–water partition coefficient (Wildman–Crippen LogP) is 0.789. The first-order valence-corrected chi connectivity index (χ1v) is 6.05. The maximum atomic E-state index is 12.3. The molecule has 2 heterocycles. The van der Waals surface area contributed by atoms with Crippen molar-refractivity contribution in [2.24, 2.45) is 0 Å². The molecule has 0 bridgehead atoms. The van der Waals surface area contributed by atoms with Crippen molar-refractivity contribution in [2.75, 3.05) is 25.0 Å². The lowest BCUT2D eigenvalue weighted by molar-refractivity contribution is -0.131. The van der Waals surface area contributed by atoms with Crippen LogP contribution in [0.25, 0.3) is 0 Å². The highest BCUT2D eigenvalue weighted by molar-refractivity contribution is 5.88. The number of fused-ring (bicyclic) bond motifs is 1. The minimum atomic E-state index is -0.344. The van der Waals surface area contributed by atoms with Crippen molar-refractivity contribution in [2.45, 2.75) is 18.4 Å². The molecule has 17 heavy (non-hydrogen) atoms. The summed E-state index contributed by atoms with van der Waals surface area (Å²) in [5.41, 5.74) is 2.14. The molecule has 0 aliphatic carbocycles. The number of benzene rings is 1. The fourth-order valence-corrected chi connectivity index (χ4v) is 2.67. The summed E-state index contributed by atoms with van der Waals surface area (Å²) in [4.78, 5) is 14.1. The number of anilines is 1. The van der Waals surface area contributed by atoms with Gasteiger partial charge in [0, 0.05) is 25.3 Å². The second-order valence-electron chi connectivity index (χ2n) is 4.75. The molecule has 1 unspecified atom stereocenters. The van der Waals surface area contributed by atoms with Crippen LogP contribution in [0.2, 0.25) is 0 Å². The molecule has 4 nitrogen and oxygen atoms in total. The Bertz CT molecular complexity index is 447. The molecule has 2 aliphatic heterocycles. The van der Waals surface area contributed by atoms with Crippen LogP contribution in [-0.2, 0) is 4.79 Å². The molecule has 1 fully saturated rings. The van der Waals surface area contributed by atoms with E-state index >= 15 is 0 Å². The van der Waals surface area contributed by atoms with Crippen molar-refractivity contribution in [3.8, 4) is 0 Å². The molecule has 0 saturated carbocycles. The van der Waals surface area contributed by atoms with Gasteiger partial charge in [-0.25, -0.2) is 0 Å². The molecule has 2 N–H and O–H groups in total. The van der Waals surface area contributed by atoms with Crippen LogP contribution in [-0.4, -0.2) is 41.7 Å². The van der Waals surface area contributed by atoms with Crippen LogP contribution in [0, 0.1) is 0 Å². The summed E-state index contributed by atoms with van der Waals surface area (Å²) in [6, 6.07) is 7.94. The quantitative estimate of drug-likeness (QED) is 0.752. The van der Waals surface area contributed by atoms with Crippen LogP contribution in [0.3, 0.4) is 0 Å².